The van der Waals surface area contributed by atoms with E-state index in [4.69, 9.17) is 15.2 Å². The third kappa shape index (κ3) is 28.0. The summed E-state index contributed by atoms with van der Waals surface area (Å²) >= 11 is 19.5. The molecular formula is C23H26BrI7N3O6V2. The maximum atomic E-state index is 10.4. The molecule has 2 N–H and O–H groups in total. The van der Waals surface area contributed by atoms with E-state index in [1.54, 1.807) is 43.5 Å². The van der Waals surface area contributed by atoms with Gasteiger partial charge in [-0.1, -0.05) is 64.5 Å². The molecule has 42 heavy (non-hydrogen) atoms. The second kappa shape index (κ2) is 35.3. The third-order valence-electron chi connectivity index (χ3n) is 4.18. The Labute approximate surface area is 345 Å². The van der Waals surface area contributed by atoms with Crippen molar-refractivity contribution in [3.63, 3.8) is 0 Å². The van der Waals surface area contributed by atoms with Crippen molar-refractivity contribution in [2.24, 2.45) is 0 Å². The molecule has 0 aliphatic rings. The number of nitro groups is 2. The van der Waals surface area contributed by atoms with E-state index in [1.807, 2.05) is 24.3 Å². The number of anilines is 1. The molecule has 0 radical (unpaired) electrons. The molecule has 0 fully saturated rings. The SMILES string of the molecule is COCc1ccccc1N.COCc1ccccc1[N+](=O)[O-].II.O=[N+]([O-])c1ccccc1CBr.[I][V]([I])[I].[I][V][I]. The summed E-state index contributed by atoms with van der Waals surface area (Å²) in [5.74, 6) is 0. The molecule has 0 amide bonds. The van der Waals surface area contributed by atoms with Gasteiger partial charge in [-0.05, 0) is 12.1 Å². The van der Waals surface area contributed by atoms with Crippen LogP contribution in [0, 0.1) is 20.2 Å². The third-order valence-corrected chi connectivity index (χ3v) is 4.78. The van der Waals surface area contributed by atoms with Crippen LogP contribution < -0.4 is 5.73 Å². The first kappa shape index (κ1) is 49.3. The Morgan fingerprint density at radius 1 is 0.762 bits per heavy atom. The predicted octanol–water partition coefficient (Wildman–Crippen LogP) is 11.8. The molecule has 0 saturated carbocycles. The van der Waals surface area contributed by atoms with Gasteiger partial charge in [-0.25, -0.2) is 0 Å². The van der Waals surface area contributed by atoms with Crippen molar-refractivity contribution >= 4 is 170 Å². The zero-order valence-corrected chi connectivity index (χ0v) is 41.4. The number of hydrogen-bond donors (Lipinski definition) is 1. The number of para-hydroxylation sites is 3. The van der Waals surface area contributed by atoms with Gasteiger partial charge < -0.3 is 15.2 Å². The molecule has 9 nitrogen and oxygen atoms in total. The molecule has 0 aliphatic carbocycles. The van der Waals surface area contributed by atoms with Crippen LogP contribution in [0.5, 0.6) is 0 Å². The number of nitrogens with two attached hydrogens (primary N) is 1. The summed E-state index contributed by atoms with van der Waals surface area (Å²) in [5, 5.41) is 21.3. The van der Waals surface area contributed by atoms with Gasteiger partial charge in [0.05, 0.1) is 28.6 Å². The van der Waals surface area contributed by atoms with Gasteiger partial charge in [-0.3, -0.25) is 20.2 Å². The number of alkyl halides is 1. The molecule has 3 aromatic carbocycles. The summed E-state index contributed by atoms with van der Waals surface area (Å²) in [7, 11) is 3.80. The minimum absolute atomic E-state index is 0.111. The van der Waals surface area contributed by atoms with Gasteiger partial charge in [0.1, 0.15) is 0 Å². The second-order valence-electron chi connectivity index (χ2n) is 6.73. The Morgan fingerprint density at radius 3 is 1.40 bits per heavy atom. The van der Waals surface area contributed by atoms with Crippen LogP contribution in [0.4, 0.5) is 17.1 Å². The first-order valence-electron chi connectivity index (χ1n) is 10.7. The number of nitro benzene ring substituents is 2. The van der Waals surface area contributed by atoms with Gasteiger partial charge >= 0.3 is 114 Å². The average molecular weight is 1510 g/mol. The van der Waals surface area contributed by atoms with Crippen LogP contribution in [0.1, 0.15) is 16.7 Å². The summed E-state index contributed by atoms with van der Waals surface area (Å²) in [6.45, 7) is 0.865. The van der Waals surface area contributed by atoms with Crippen LogP contribution in [-0.2, 0) is 42.4 Å². The summed E-state index contributed by atoms with van der Waals surface area (Å²) in [5.41, 5.74) is 9.06. The molecule has 0 atom stereocenters. The Balaban J connectivity index is -0.000000477. The molecule has 3 aromatic rings. The zero-order valence-electron chi connectivity index (χ0n) is 21.9. The van der Waals surface area contributed by atoms with E-state index >= 15 is 0 Å². The van der Waals surface area contributed by atoms with E-state index < -0.39 is 4.92 Å². The second-order valence-corrected chi connectivity index (χ2v) is 54.4. The molecule has 19 heteroatoms. The van der Waals surface area contributed by atoms with Crippen molar-refractivity contribution in [2.45, 2.75) is 18.5 Å². The molecule has 0 aromatic heterocycles. The van der Waals surface area contributed by atoms with E-state index in [-0.39, 0.29) is 27.8 Å². The van der Waals surface area contributed by atoms with Crippen molar-refractivity contribution in [2.75, 3.05) is 20.0 Å². The van der Waals surface area contributed by atoms with Crippen molar-refractivity contribution in [1.29, 1.82) is 0 Å². The number of halogens is 8. The minimum atomic E-state index is -0.408. The van der Waals surface area contributed by atoms with Gasteiger partial charge in [0.25, 0.3) is 11.4 Å². The van der Waals surface area contributed by atoms with Crippen molar-refractivity contribution in [1.82, 2.24) is 0 Å². The number of ether oxygens (including phenoxy) is 2. The van der Waals surface area contributed by atoms with E-state index in [1.165, 1.54) is 19.2 Å². The molecule has 3 rings (SSSR count). The number of methoxy groups -OCH3 is 2. The first-order valence-corrected chi connectivity index (χ1v) is 40.6. The molecule has 0 bridgehead atoms. The summed E-state index contributed by atoms with van der Waals surface area (Å²) in [6, 6.07) is 20.9. The summed E-state index contributed by atoms with van der Waals surface area (Å²) in [6.07, 6.45) is 0. The Kier molecular flexibility index (Phi) is 41.4. The van der Waals surface area contributed by atoms with E-state index in [9.17, 15) is 20.2 Å². The van der Waals surface area contributed by atoms with Crippen LogP contribution in [0.25, 0.3) is 0 Å². The molecule has 0 aliphatic heterocycles. The fourth-order valence-electron chi connectivity index (χ4n) is 2.59. The molecule has 0 saturated heterocycles. The molecule has 0 unspecified atom stereocenters. The van der Waals surface area contributed by atoms with Crippen LogP contribution in [0.3, 0.4) is 0 Å². The number of nitrogens with zero attached hydrogens (tertiary/aromatic N) is 2. The number of benzene rings is 3. The number of nitrogen functional groups attached to an aromatic ring is 1. The number of rotatable bonds is 7. The van der Waals surface area contributed by atoms with E-state index in [0.29, 0.717) is 32.5 Å². The molecule has 235 valence electrons. The van der Waals surface area contributed by atoms with Gasteiger partial charge in [0.2, 0.25) is 0 Å². The molecule has 0 heterocycles. The fourth-order valence-corrected chi connectivity index (χ4v) is 3.06. The summed E-state index contributed by atoms with van der Waals surface area (Å²) < 4.78 is 9.74. The van der Waals surface area contributed by atoms with Crippen LogP contribution in [0.2, 0.25) is 0 Å². The number of hydrogen-bond acceptors (Lipinski definition) is 7. The molecule has 0 spiro atoms. The Morgan fingerprint density at radius 2 is 1.07 bits per heavy atom. The van der Waals surface area contributed by atoms with Gasteiger partial charge in [0.15, 0.2) is 0 Å². The quantitative estimate of drug-likeness (QED) is 0.0819. The average Bonchev–Trinajstić information content (AvgIpc) is 2.96. The zero-order chi connectivity index (χ0) is 32.9. The van der Waals surface area contributed by atoms with Crippen LogP contribution in [-0.4, -0.2) is 24.1 Å². The van der Waals surface area contributed by atoms with Gasteiger partial charge in [-0.15, -0.1) is 0 Å². The predicted molar refractivity (Wildman–Crippen MR) is 229 cm³/mol. The monoisotopic (exact) mass is 1510 g/mol. The standard InChI is InChI=1S/C8H9NO3.C8H11NO.C7H6BrNO2.I2.5HI.2V/c1-12-6-7-4-2-3-5-8(7)9(10)11;1-10-6-7-4-2-3-5-8(7)9;8-5-6-3-1-2-4-7(6)9(10)11;1-2;;;;;;;/h2-5H,6H2,1H3;2-5H,6,9H2,1H3;1-4H,5H2;;5*1H;;/q;;;;;;;;;+2;+3/p-5. The summed E-state index contributed by atoms with van der Waals surface area (Å²) in [4.78, 5) is 19.7. The first-order chi connectivity index (χ1) is 20.0. The maximum absolute atomic E-state index is 10.4. The normalized spacial score (nSPS) is 8.93. The van der Waals surface area contributed by atoms with Gasteiger partial charge in [-0.2, -0.15) is 0 Å². The van der Waals surface area contributed by atoms with Crippen molar-refractivity contribution in [3.8, 4) is 0 Å². The van der Waals surface area contributed by atoms with Crippen LogP contribution in [0.15, 0.2) is 72.8 Å². The van der Waals surface area contributed by atoms with Crippen molar-refractivity contribution in [3.05, 3.63) is 110 Å². The fraction of sp³-hybridized carbons (Fsp3) is 0.217. The van der Waals surface area contributed by atoms with Crippen molar-refractivity contribution < 1.29 is 33.7 Å². The topological polar surface area (TPSA) is 131 Å². The molecular weight excluding hydrogens is 1480 g/mol. The van der Waals surface area contributed by atoms with E-state index in [0.717, 1.165) is 11.3 Å². The Hall–Kier alpha value is 2.94. The van der Waals surface area contributed by atoms with Gasteiger partial charge in [0, 0.05) is 85.7 Å². The van der Waals surface area contributed by atoms with Crippen LogP contribution >= 0.6 is 153 Å². The Bertz CT molecular complexity index is 1130. The van der Waals surface area contributed by atoms with E-state index in [2.05, 4.69) is 153 Å².